The molecule has 0 spiro atoms. The number of aliphatic hydroxyl groups excluding tert-OH is 1. The molecular weight excluding hydrogens is 254 g/mol. The molecule has 0 aromatic carbocycles. The predicted molar refractivity (Wildman–Crippen MR) is 78.9 cm³/mol. The van der Waals surface area contributed by atoms with E-state index >= 15 is 0 Å². The number of nitrogens with one attached hydrogen (secondary N) is 1. The Morgan fingerprint density at radius 1 is 1.35 bits per heavy atom. The highest BCUT2D eigenvalue weighted by molar-refractivity contribution is 5.28. The molecule has 0 aliphatic heterocycles. The van der Waals surface area contributed by atoms with E-state index < -0.39 is 0 Å². The lowest BCUT2D eigenvalue weighted by atomic mass is 9.74. The first-order valence-electron chi connectivity index (χ1n) is 7.48. The van der Waals surface area contributed by atoms with Gasteiger partial charge in [0.05, 0.1) is 12.7 Å². The van der Waals surface area contributed by atoms with Gasteiger partial charge in [0.15, 0.2) is 0 Å². The predicted octanol–water partition coefficient (Wildman–Crippen LogP) is 2.62. The molecule has 0 bridgehead atoms. The second-order valence-electron chi connectivity index (χ2n) is 5.96. The highest BCUT2D eigenvalue weighted by Gasteiger charge is 2.31. The first-order chi connectivity index (χ1) is 9.63. The fourth-order valence-corrected chi connectivity index (χ4v) is 2.69. The summed E-state index contributed by atoms with van der Waals surface area (Å²) in [4.78, 5) is 8.55. The van der Waals surface area contributed by atoms with Crippen molar-refractivity contribution in [3.05, 3.63) is 12.3 Å². The standard InChI is InChI=1S/C15H25N3O2/c1-12(2)20-13-6-9-16-14(18-13)17-10-15(11-19)7-4-3-5-8-15/h6,9,12,19H,3-5,7-8,10-11H2,1-2H3,(H,16,17,18). The van der Waals surface area contributed by atoms with Crippen LogP contribution in [0.25, 0.3) is 0 Å². The van der Waals surface area contributed by atoms with Gasteiger partial charge in [-0.2, -0.15) is 4.98 Å². The Hall–Kier alpha value is -1.36. The van der Waals surface area contributed by atoms with Crippen LogP contribution in [-0.2, 0) is 0 Å². The molecule has 0 atom stereocenters. The highest BCUT2D eigenvalue weighted by atomic mass is 16.5. The van der Waals surface area contributed by atoms with Crippen molar-refractivity contribution in [2.24, 2.45) is 5.41 Å². The Kier molecular flexibility index (Phi) is 5.17. The number of aliphatic hydroxyl groups is 1. The van der Waals surface area contributed by atoms with Gasteiger partial charge in [0.2, 0.25) is 11.8 Å². The van der Waals surface area contributed by atoms with Crippen LogP contribution in [0, 0.1) is 5.41 Å². The van der Waals surface area contributed by atoms with Crippen LogP contribution >= 0.6 is 0 Å². The highest BCUT2D eigenvalue weighted by Crippen LogP contribution is 2.35. The van der Waals surface area contributed by atoms with Crippen LogP contribution in [0.15, 0.2) is 12.3 Å². The van der Waals surface area contributed by atoms with Crippen LogP contribution in [0.2, 0.25) is 0 Å². The van der Waals surface area contributed by atoms with E-state index in [0.717, 1.165) is 12.8 Å². The molecule has 1 saturated carbocycles. The summed E-state index contributed by atoms with van der Waals surface area (Å²) < 4.78 is 5.56. The zero-order valence-electron chi connectivity index (χ0n) is 12.4. The third kappa shape index (κ3) is 4.07. The molecule has 2 rings (SSSR count). The number of hydrogen-bond acceptors (Lipinski definition) is 5. The van der Waals surface area contributed by atoms with Gasteiger partial charge in [-0.05, 0) is 26.7 Å². The van der Waals surface area contributed by atoms with E-state index in [1.54, 1.807) is 12.3 Å². The van der Waals surface area contributed by atoms with Crippen LogP contribution in [0.1, 0.15) is 46.0 Å². The first-order valence-corrected chi connectivity index (χ1v) is 7.48. The Labute approximate surface area is 120 Å². The lowest BCUT2D eigenvalue weighted by Gasteiger charge is -2.35. The minimum atomic E-state index is -0.0173. The molecular formula is C15H25N3O2. The number of aromatic nitrogens is 2. The van der Waals surface area contributed by atoms with Crippen molar-refractivity contribution in [3.8, 4) is 5.88 Å². The Bertz CT molecular complexity index is 417. The third-order valence-electron chi connectivity index (χ3n) is 3.86. The maximum absolute atomic E-state index is 9.69. The van der Waals surface area contributed by atoms with Gasteiger partial charge in [-0.3, -0.25) is 0 Å². The van der Waals surface area contributed by atoms with E-state index in [4.69, 9.17) is 4.74 Å². The summed E-state index contributed by atoms with van der Waals surface area (Å²) in [6.07, 6.45) is 7.59. The van der Waals surface area contributed by atoms with Crippen LogP contribution < -0.4 is 10.1 Å². The van der Waals surface area contributed by atoms with Crippen LogP contribution in [0.5, 0.6) is 5.88 Å². The van der Waals surface area contributed by atoms with Crippen molar-refractivity contribution >= 4 is 5.95 Å². The molecule has 1 aliphatic carbocycles. The number of anilines is 1. The largest absolute Gasteiger partial charge is 0.475 e. The topological polar surface area (TPSA) is 67.3 Å². The van der Waals surface area contributed by atoms with Gasteiger partial charge in [0.1, 0.15) is 0 Å². The number of ether oxygens (including phenoxy) is 1. The molecule has 20 heavy (non-hydrogen) atoms. The normalized spacial score (nSPS) is 18.0. The van der Waals surface area contributed by atoms with Crippen molar-refractivity contribution in [2.45, 2.75) is 52.1 Å². The summed E-state index contributed by atoms with van der Waals surface area (Å²) in [5.74, 6) is 1.15. The third-order valence-corrected chi connectivity index (χ3v) is 3.86. The molecule has 1 fully saturated rings. The van der Waals surface area contributed by atoms with Gasteiger partial charge in [-0.15, -0.1) is 0 Å². The maximum atomic E-state index is 9.69. The number of rotatable bonds is 6. The van der Waals surface area contributed by atoms with Crippen molar-refractivity contribution < 1.29 is 9.84 Å². The molecule has 5 nitrogen and oxygen atoms in total. The molecule has 0 saturated heterocycles. The first kappa shape index (κ1) is 15.0. The van der Waals surface area contributed by atoms with E-state index in [1.807, 2.05) is 13.8 Å². The van der Waals surface area contributed by atoms with Gasteiger partial charge in [0, 0.05) is 24.2 Å². The Morgan fingerprint density at radius 2 is 2.10 bits per heavy atom. The molecule has 0 amide bonds. The lowest BCUT2D eigenvalue weighted by Crippen LogP contribution is -2.35. The smallest absolute Gasteiger partial charge is 0.225 e. The van der Waals surface area contributed by atoms with Crippen molar-refractivity contribution in [3.63, 3.8) is 0 Å². The van der Waals surface area contributed by atoms with E-state index in [9.17, 15) is 5.11 Å². The van der Waals surface area contributed by atoms with E-state index in [2.05, 4.69) is 15.3 Å². The summed E-state index contributed by atoms with van der Waals surface area (Å²) in [5.41, 5.74) is -0.0173. The average molecular weight is 279 g/mol. The Balaban J connectivity index is 1.95. The molecule has 0 radical (unpaired) electrons. The fourth-order valence-electron chi connectivity index (χ4n) is 2.69. The van der Waals surface area contributed by atoms with Gasteiger partial charge >= 0.3 is 0 Å². The second kappa shape index (κ2) is 6.88. The zero-order chi connectivity index (χ0) is 14.4. The summed E-state index contributed by atoms with van der Waals surface area (Å²) in [5, 5.41) is 12.9. The molecule has 2 N–H and O–H groups in total. The van der Waals surface area contributed by atoms with Gasteiger partial charge in [0.25, 0.3) is 0 Å². The maximum Gasteiger partial charge on any atom is 0.225 e. The quantitative estimate of drug-likeness (QED) is 0.838. The average Bonchev–Trinajstić information content (AvgIpc) is 2.46. The molecule has 112 valence electrons. The second-order valence-corrected chi connectivity index (χ2v) is 5.96. The van der Waals surface area contributed by atoms with Crippen LogP contribution in [0.3, 0.4) is 0 Å². The molecule has 1 aromatic heterocycles. The van der Waals surface area contributed by atoms with Gasteiger partial charge in [-0.1, -0.05) is 19.3 Å². The number of hydrogen-bond donors (Lipinski definition) is 2. The van der Waals surface area contributed by atoms with Crippen LogP contribution in [-0.4, -0.2) is 34.3 Å². The van der Waals surface area contributed by atoms with Crippen molar-refractivity contribution in [2.75, 3.05) is 18.5 Å². The van der Waals surface area contributed by atoms with Gasteiger partial charge < -0.3 is 15.2 Å². The summed E-state index contributed by atoms with van der Waals surface area (Å²) in [6.45, 7) is 4.88. The van der Waals surface area contributed by atoms with E-state index in [1.165, 1.54) is 19.3 Å². The minimum absolute atomic E-state index is 0.0173. The molecule has 1 heterocycles. The monoisotopic (exact) mass is 279 g/mol. The van der Waals surface area contributed by atoms with Crippen LogP contribution in [0.4, 0.5) is 5.95 Å². The van der Waals surface area contributed by atoms with E-state index in [-0.39, 0.29) is 18.1 Å². The van der Waals surface area contributed by atoms with Crippen molar-refractivity contribution in [1.29, 1.82) is 0 Å². The Morgan fingerprint density at radius 3 is 2.75 bits per heavy atom. The fraction of sp³-hybridized carbons (Fsp3) is 0.733. The molecule has 5 heteroatoms. The van der Waals surface area contributed by atoms with Crippen molar-refractivity contribution in [1.82, 2.24) is 9.97 Å². The summed E-state index contributed by atoms with van der Waals surface area (Å²) in [7, 11) is 0. The van der Waals surface area contributed by atoms with E-state index in [0.29, 0.717) is 18.4 Å². The molecule has 1 aromatic rings. The zero-order valence-corrected chi connectivity index (χ0v) is 12.4. The lowest BCUT2D eigenvalue weighted by molar-refractivity contribution is 0.0942. The summed E-state index contributed by atoms with van der Waals surface area (Å²) >= 11 is 0. The number of nitrogens with zero attached hydrogens (tertiary/aromatic N) is 2. The summed E-state index contributed by atoms with van der Waals surface area (Å²) in [6, 6.07) is 1.76. The van der Waals surface area contributed by atoms with Gasteiger partial charge in [-0.25, -0.2) is 4.98 Å². The SMILES string of the molecule is CC(C)Oc1ccnc(NCC2(CO)CCCCC2)n1. The minimum Gasteiger partial charge on any atom is -0.475 e. The molecule has 0 unspecified atom stereocenters. The molecule has 1 aliphatic rings.